The quantitative estimate of drug-likeness (QED) is 0.625. The van der Waals surface area contributed by atoms with Gasteiger partial charge in [-0.25, -0.2) is 4.79 Å². The third-order valence-corrected chi connectivity index (χ3v) is 3.95. The van der Waals surface area contributed by atoms with E-state index in [4.69, 9.17) is 22.1 Å². The number of hydrogen-bond acceptors (Lipinski definition) is 4. The number of carbonyl (C=O) groups excluding carboxylic acids is 2. The van der Waals surface area contributed by atoms with Gasteiger partial charge < -0.3 is 15.8 Å². The third kappa shape index (κ3) is 4.22. The Morgan fingerprint density at radius 3 is 2.64 bits per heavy atom. The van der Waals surface area contributed by atoms with Crippen molar-refractivity contribution in [3.05, 3.63) is 57.5 Å². The summed E-state index contributed by atoms with van der Waals surface area (Å²) in [5.41, 5.74) is 6.69. The Labute approximate surface area is 140 Å². The van der Waals surface area contributed by atoms with Gasteiger partial charge in [-0.15, -0.1) is 0 Å². The molecule has 0 aliphatic carbocycles. The van der Waals surface area contributed by atoms with Gasteiger partial charge in [-0.2, -0.15) is 0 Å². The van der Waals surface area contributed by atoms with Gasteiger partial charge in [-0.05, 0) is 46.3 Å². The van der Waals surface area contributed by atoms with Gasteiger partial charge in [-0.3, -0.25) is 4.79 Å². The lowest BCUT2D eigenvalue weighted by Crippen LogP contribution is -2.21. The molecule has 0 bridgehead atoms. The molecular weight excluding hydrogens is 372 g/mol. The number of anilines is 2. The molecular formula is C15H12BrClN2O3. The second kappa shape index (κ2) is 7.29. The first-order chi connectivity index (χ1) is 10.5. The normalized spacial score (nSPS) is 10.1. The smallest absolute Gasteiger partial charge is 0.340 e. The lowest BCUT2D eigenvalue weighted by molar-refractivity contribution is -0.119. The first kappa shape index (κ1) is 16.3. The minimum absolute atomic E-state index is 0.224. The van der Waals surface area contributed by atoms with Gasteiger partial charge in [0.2, 0.25) is 0 Å². The number of benzene rings is 2. The number of nitrogen functional groups attached to an aromatic ring is 1. The van der Waals surface area contributed by atoms with E-state index in [-0.39, 0.29) is 5.56 Å². The summed E-state index contributed by atoms with van der Waals surface area (Å²) < 4.78 is 5.64. The van der Waals surface area contributed by atoms with Crippen LogP contribution in [0.2, 0.25) is 5.02 Å². The lowest BCUT2D eigenvalue weighted by atomic mass is 10.2. The van der Waals surface area contributed by atoms with Crippen LogP contribution in [0.1, 0.15) is 10.4 Å². The summed E-state index contributed by atoms with van der Waals surface area (Å²) in [6.07, 6.45) is 0. The van der Waals surface area contributed by atoms with Gasteiger partial charge in [0, 0.05) is 15.8 Å². The Morgan fingerprint density at radius 1 is 1.23 bits per heavy atom. The Balaban J connectivity index is 1.91. The molecule has 2 rings (SSSR count). The van der Waals surface area contributed by atoms with E-state index in [1.54, 1.807) is 36.4 Å². The first-order valence-corrected chi connectivity index (χ1v) is 7.41. The van der Waals surface area contributed by atoms with Gasteiger partial charge >= 0.3 is 5.97 Å². The van der Waals surface area contributed by atoms with E-state index < -0.39 is 18.5 Å². The Hall–Kier alpha value is -2.05. The van der Waals surface area contributed by atoms with Crippen LogP contribution in [-0.4, -0.2) is 18.5 Å². The number of esters is 1. The second-order valence-corrected chi connectivity index (χ2v) is 5.60. The van der Waals surface area contributed by atoms with Crippen molar-refractivity contribution in [1.82, 2.24) is 0 Å². The van der Waals surface area contributed by atoms with Crippen molar-refractivity contribution in [2.24, 2.45) is 0 Å². The summed E-state index contributed by atoms with van der Waals surface area (Å²) in [6.45, 7) is -0.416. The lowest BCUT2D eigenvalue weighted by Gasteiger charge is -2.08. The van der Waals surface area contributed by atoms with Gasteiger partial charge in [-0.1, -0.05) is 23.7 Å². The number of halogens is 2. The van der Waals surface area contributed by atoms with Crippen molar-refractivity contribution >= 4 is 50.8 Å². The van der Waals surface area contributed by atoms with Crippen LogP contribution in [0, 0.1) is 0 Å². The summed E-state index contributed by atoms with van der Waals surface area (Å²) in [5.74, 6) is -1.12. The second-order valence-electron chi connectivity index (χ2n) is 4.34. The number of carbonyl (C=O) groups is 2. The van der Waals surface area contributed by atoms with Crippen LogP contribution >= 0.6 is 27.5 Å². The minimum atomic E-state index is -0.651. The van der Waals surface area contributed by atoms with Crippen LogP contribution in [0.5, 0.6) is 0 Å². The molecule has 22 heavy (non-hydrogen) atoms. The van der Waals surface area contributed by atoms with Crippen molar-refractivity contribution in [2.45, 2.75) is 0 Å². The number of rotatable bonds is 4. The van der Waals surface area contributed by atoms with Crippen molar-refractivity contribution in [3.63, 3.8) is 0 Å². The predicted octanol–water partition coefficient (Wildman–Crippen LogP) is 3.48. The number of ether oxygens (including phenoxy) is 1. The molecule has 0 radical (unpaired) electrons. The fourth-order valence-electron chi connectivity index (χ4n) is 1.66. The molecule has 0 spiro atoms. The van der Waals surface area contributed by atoms with Crippen molar-refractivity contribution in [1.29, 1.82) is 0 Å². The standard InChI is InChI=1S/C15H12BrClN2O3/c16-11-6-5-9(7-12(11)17)19-14(20)8-22-15(21)10-3-1-2-4-13(10)18/h1-7H,8,18H2,(H,19,20). The fourth-order valence-corrected chi connectivity index (χ4v) is 2.09. The molecule has 0 aliphatic heterocycles. The molecule has 7 heteroatoms. The summed E-state index contributed by atoms with van der Waals surface area (Å²) in [7, 11) is 0. The van der Waals surface area contributed by atoms with Gasteiger partial charge in [0.05, 0.1) is 10.6 Å². The number of hydrogen-bond donors (Lipinski definition) is 2. The Bertz CT molecular complexity index is 722. The van der Waals surface area contributed by atoms with E-state index in [1.165, 1.54) is 6.07 Å². The molecule has 0 aliphatic rings. The van der Waals surface area contributed by atoms with E-state index in [0.717, 1.165) is 4.47 Å². The van der Waals surface area contributed by atoms with Crippen LogP contribution in [0.15, 0.2) is 46.9 Å². The molecule has 1 amide bonds. The van der Waals surface area contributed by atoms with E-state index in [2.05, 4.69) is 21.2 Å². The van der Waals surface area contributed by atoms with E-state index in [1.807, 2.05) is 0 Å². The summed E-state index contributed by atoms with van der Waals surface area (Å²) >= 11 is 9.18. The highest BCUT2D eigenvalue weighted by atomic mass is 79.9. The van der Waals surface area contributed by atoms with Crippen LogP contribution < -0.4 is 11.1 Å². The summed E-state index contributed by atoms with van der Waals surface area (Å²) in [6, 6.07) is 11.4. The number of nitrogens with two attached hydrogens (primary N) is 1. The molecule has 0 fully saturated rings. The molecule has 0 aromatic heterocycles. The Kier molecular flexibility index (Phi) is 5.41. The summed E-state index contributed by atoms with van der Waals surface area (Å²) in [5, 5.41) is 3.04. The maximum atomic E-state index is 11.8. The summed E-state index contributed by atoms with van der Waals surface area (Å²) in [4.78, 5) is 23.6. The largest absolute Gasteiger partial charge is 0.452 e. The molecule has 0 atom stereocenters. The molecule has 0 saturated carbocycles. The van der Waals surface area contributed by atoms with Crippen molar-refractivity contribution in [2.75, 3.05) is 17.7 Å². The van der Waals surface area contributed by atoms with Crippen molar-refractivity contribution in [3.8, 4) is 0 Å². The maximum absolute atomic E-state index is 11.8. The van der Waals surface area contributed by atoms with Gasteiger partial charge in [0.15, 0.2) is 6.61 Å². The van der Waals surface area contributed by atoms with E-state index in [0.29, 0.717) is 16.4 Å². The maximum Gasteiger partial charge on any atom is 0.340 e. The zero-order valence-electron chi connectivity index (χ0n) is 11.3. The molecule has 2 aromatic carbocycles. The van der Waals surface area contributed by atoms with Gasteiger partial charge in [0.1, 0.15) is 0 Å². The number of amides is 1. The highest BCUT2D eigenvalue weighted by Crippen LogP contribution is 2.25. The molecule has 0 saturated heterocycles. The van der Waals surface area contributed by atoms with E-state index in [9.17, 15) is 9.59 Å². The predicted molar refractivity (Wildman–Crippen MR) is 88.9 cm³/mol. The topological polar surface area (TPSA) is 81.4 Å². The van der Waals surface area contributed by atoms with Crippen LogP contribution in [0.25, 0.3) is 0 Å². The molecule has 2 aromatic rings. The van der Waals surface area contributed by atoms with Crippen LogP contribution in [-0.2, 0) is 9.53 Å². The van der Waals surface area contributed by atoms with Crippen molar-refractivity contribution < 1.29 is 14.3 Å². The fraction of sp³-hybridized carbons (Fsp3) is 0.0667. The molecule has 3 N–H and O–H groups in total. The number of para-hydroxylation sites is 1. The monoisotopic (exact) mass is 382 g/mol. The molecule has 5 nitrogen and oxygen atoms in total. The van der Waals surface area contributed by atoms with Gasteiger partial charge in [0.25, 0.3) is 5.91 Å². The SMILES string of the molecule is Nc1ccccc1C(=O)OCC(=O)Nc1ccc(Br)c(Cl)c1. The third-order valence-electron chi connectivity index (χ3n) is 2.72. The molecule has 0 unspecified atom stereocenters. The van der Waals surface area contributed by atoms with Crippen LogP contribution in [0.3, 0.4) is 0 Å². The minimum Gasteiger partial charge on any atom is -0.452 e. The number of nitrogens with one attached hydrogen (secondary N) is 1. The average Bonchev–Trinajstić information content (AvgIpc) is 2.49. The molecule has 0 heterocycles. The molecule has 114 valence electrons. The first-order valence-electron chi connectivity index (χ1n) is 6.24. The van der Waals surface area contributed by atoms with E-state index >= 15 is 0 Å². The zero-order valence-corrected chi connectivity index (χ0v) is 13.6. The highest BCUT2D eigenvalue weighted by molar-refractivity contribution is 9.10. The zero-order chi connectivity index (χ0) is 16.1. The van der Waals surface area contributed by atoms with Crippen LogP contribution in [0.4, 0.5) is 11.4 Å². The highest BCUT2D eigenvalue weighted by Gasteiger charge is 2.13. The Morgan fingerprint density at radius 2 is 1.95 bits per heavy atom. The average molecular weight is 384 g/mol.